The molecule has 0 unspecified atom stereocenters. The van der Waals surface area contributed by atoms with Crippen molar-refractivity contribution in [3.8, 4) is 0 Å². The Balaban J connectivity index is 2.46. The van der Waals surface area contributed by atoms with Crippen LogP contribution in [0.25, 0.3) is 0 Å². The molecule has 1 aromatic carbocycles. The molecule has 0 amide bonds. The molecule has 0 saturated carbocycles. The Kier molecular flexibility index (Phi) is 2.73. The third kappa shape index (κ3) is 1.76. The number of carboxylic acid groups (broad SMARTS) is 1. The van der Waals surface area contributed by atoms with Crippen LogP contribution in [-0.4, -0.2) is 17.6 Å². The van der Waals surface area contributed by atoms with Crippen molar-refractivity contribution in [2.45, 2.75) is 12.5 Å². The molecule has 0 spiro atoms. The number of nitrogens with one attached hydrogen (secondary N) is 1. The van der Waals surface area contributed by atoms with E-state index in [1.54, 1.807) is 0 Å². The van der Waals surface area contributed by atoms with Gasteiger partial charge >= 0.3 is 5.97 Å². The lowest BCUT2D eigenvalue weighted by atomic mass is 9.94. The number of fused-ring (bicyclic) bond motifs is 1. The Morgan fingerprint density at radius 1 is 1.57 bits per heavy atom. The minimum absolute atomic E-state index is 0.534. The first-order chi connectivity index (χ1) is 6.68. The topological polar surface area (TPSA) is 49.3 Å². The number of halogens is 1. The molecule has 1 heterocycles. The lowest BCUT2D eigenvalue weighted by Crippen LogP contribution is -2.35. The van der Waals surface area contributed by atoms with Crippen molar-refractivity contribution >= 4 is 28.6 Å². The van der Waals surface area contributed by atoms with Crippen molar-refractivity contribution in [3.05, 3.63) is 32.9 Å². The maximum absolute atomic E-state index is 11.0. The predicted octanol–water partition coefficient (Wildman–Crippen LogP) is 1.56. The first-order valence-electron chi connectivity index (χ1n) is 4.43. The number of carboxylic acids is 1. The highest BCUT2D eigenvalue weighted by Crippen LogP contribution is 2.24. The third-order valence-electron chi connectivity index (χ3n) is 2.41. The largest absolute Gasteiger partial charge is 0.480 e. The van der Waals surface area contributed by atoms with Crippen LogP contribution < -0.4 is 5.32 Å². The van der Waals surface area contributed by atoms with Crippen LogP contribution in [0, 0.1) is 3.57 Å². The summed E-state index contributed by atoms with van der Waals surface area (Å²) in [6.07, 6.45) is 0.913. The molecule has 1 aromatic rings. The van der Waals surface area contributed by atoms with Crippen LogP contribution in [0.2, 0.25) is 0 Å². The second kappa shape index (κ2) is 3.86. The normalized spacial score (nSPS) is 20.2. The number of carbonyl (C=O) groups is 1. The van der Waals surface area contributed by atoms with Crippen LogP contribution in [0.15, 0.2) is 18.2 Å². The average molecular weight is 303 g/mol. The molecule has 0 saturated heterocycles. The van der Waals surface area contributed by atoms with Crippen LogP contribution in [0.5, 0.6) is 0 Å². The van der Waals surface area contributed by atoms with Gasteiger partial charge in [0.15, 0.2) is 0 Å². The molecular weight excluding hydrogens is 293 g/mol. The van der Waals surface area contributed by atoms with E-state index in [-0.39, 0.29) is 0 Å². The van der Waals surface area contributed by atoms with Gasteiger partial charge in [0.25, 0.3) is 0 Å². The van der Waals surface area contributed by atoms with Crippen molar-refractivity contribution < 1.29 is 9.90 Å². The molecule has 0 aliphatic carbocycles. The molecule has 1 atom stereocenters. The number of hydrogen-bond donors (Lipinski definition) is 2. The smallest absolute Gasteiger partial charge is 0.325 e. The standard InChI is InChI=1S/C10H10INO2/c11-7-2-1-6-3-4-12-9(10(13)14)8(6)5-7/h1-2,5,9,12H,3-4H2,(H,13,14)/t9-/m1/s1. The fourth-order valence-electron chi connectivity index (χ4n) is 1.74. The predicted molar refractivity (Wildman–Crippen MR) is 61.2 cm³/mol. The Labute approximate surface area is 95.7 Å². The van der Waals surface area contributed by atoms with E-state index >= 15 is 0 Å². The van der Waals surface area contributed by atoms with Gasteiger partial charge in [-0.25, -0.2) is 0 Å². The Morgan fingerprint density at radius 2 is 2.36 bits per heavy atom. The molecular formula is C10H10INO2. The number of hydrogen-bond acceptors (Lipinski definition) is 2. The molecule has 0 aromatic heterocycles. The lowest BCUT2D eigenvalue weighted by molar-refractivity contribution is -0.139. The van der Waals surface area contributed by atoms with E-state index in [9.17, 15) is 4.79 Å². The second-order valence-corrected chi connectivity index (χ2v) is 4.56. The van der Waals surface area contributed by atoms with Crippen LogP contribution in [0.3, 0.4) is 0 Å². The van der Waals surface area contributed by atoms with Crippen LogP contribution in [0.1, 0.15) is 17.2 Å². The minimum Gasteiger partial charge on any atom is -0.480 e. The minimum atomic E-state index is -0.798. The fourth-order valence-corrected chi connectivity index (χ4v) is 2.26. The summed E-state index contributed by atoms with van der Waals surface area (Å²) in [5, 5.41) is 12.0. The van der Waals surface area contributed by atoms with Gasteiger partial charge in [-0.3, -0.25) is 4.79 Å². The first kappa shape index (κ1) is 9.92. The molecule has 0 bridgehead atoms. The highest BCUT2D eigenvalue weighted by Gasteiger charge is 2.25. The summed E-state index contributed by atoms with van der Waals surface area (Å²) in [5.74, 6) is -0.798. The Bertz CT molecular complexity index is 378. The van der Waals surface area contributed by atoms with Crippen LogP contribution in [0.4, 0.5) is 0 Å². The van der Waals surface area contributed by atoms with Gasteiger partial charge in [-0.15, -0.1) is 0 Å². The van der Waals surface area contributed by atoms with E-state index in [4.69, 9.17) is 5.11 Å². The van der Waals surface area contributed by atoms with Gasteiger partial charge in [-0.2, -0.15) is 0 Å². The van der Waals surface area contributed by atoms with Gasteiger partial charge in [-0.1, -0.05) is 6.07 Å². The monoisotopic (exact) mass is 303 g/mol. The number of aliphatic carboxylic acids is 1. The maximum Gasteiger partial charge on any atom is 0.325 e. The Morgan fingerprint density at radius 3 is 3.07 bits per heavy atom. The zero-order valence-electron chi connectivity index (χ0n) is 7.46. The lowest BCUT2D eigenvalue weighted by Gasteiger charge is -2.23. The first-order valence-corrected chi connectivity index (χ1v) is 5.51. The third-order valence-corrected chi connectivity index (χ3v) is 3.08. The van der Waals surface area contributed by atoms with Crippen molar-refractivity contribution in [2.75, 3.05) is 6.54 Å². The van der Waals surface area contributed by atoms with Crippen molar-refractivity contribution in [3.63, 3.8) is 0 Å². The summed E-state index contributed by atoms with van der Waals surface area (Å²) >= 11 is 2.20. The van der Waals surface area contributed by atoms with E-state index in [1.165, 1.54) is 0 Å². The van der Waals surface area contributed by atoms with Crippen molar-refractivity contribution in [2.24, 2.45) is 0 Å². The highest BCUT2D eigenvalue weighted by atomic mass is 127. The van der Waals surface area contributed by atoms with E-state index < -0.39 is 12.0 Å². The molecule has 0 radical (unpaired) electrons. The summed E-state index contributed by atoms with van der Waals surface area (Å²) < 4.78 is 1.08. The molecule has 1 aliphatic heterocycles. The molecule has 2 rings (SSSR count). The summed E-state index contributed by atoms with van der Waals surface area (Å²) in [6, 6.07) is 5.45. The molecule has 74 valence electrons. The summed E-state index contributed by atoms with van der Waals surface area (Å²) in [4.78, 5) is 11.0. The summed E-state index contributed by atoms with van der Waals surface area (Å²) in [6.45, 7) is 0.741. The van der Waals surface area contributed by atoms with Gasteiger partial charge in [0, 0.05) is 10.1 Å². The zero-order valence-corrected chi connectivity index (χ0v) is 9.61. The molecule has 0 fully saturated rings. The molecule has 4 heteroatoms. The van der Waals surface area contributed by atoms with E-state index in [0.29, 0.717) is 0 Å². The van der Waals surface area contributed by atoms with Crippen LogP contribution >= 0.6 is 22.6 Å². The highest BCUT2D eigenvalue weighted by molar-refractivity contribution is 14.1. The molecule has 14 heavy (non-hydrogen) atoms. The maximum atomic E-state index is 11.0. The van der Waals surface area contributed by atoms with Gasteiger partial charge in [0.2, 0.25) is 0 Å². The van der Waals surface area contributed by atoms with Crippen LogP contribution in [-0.2, 0) is 11.2 Å². The van der Waals surface area contributed by atoms with Crippen molar-refractivity contribution in [1.29, 1.82) is 0 Å². The van der Waals surface area contributed by atoms with Gasteiger partial charge in [-0.05, 0) is 52.3 Å². The zero-order chi connectivity index (χ0) is 10.1. The summed E-state index contributed by atoms with van der Waals surface area (Å²) in [7, 11) is 0. The average Bonchev–Trinajstić information content (AvgIpc) is 2.16. The van der Waals surface area contributed by atoms with E-state index in [1.807, 2.05) is 18.2 Å². The van der Waals surface area contributed by atoms with E-state index in [0.717, 1.165) is 27.7 Å². The van der Waals surface area contributed by atoms with E-state index in [2.05, 4.69) is 27.9 Å². The fraction of sp³-hybridized carbons (Fsp3) is 0.300. The molecule has 2 N–H and O–H groups in total. The van der Waals surface area contributed by atoms with Gasteiger partial charge in [0.1, 0.15) is 6.04 Å². The molecule has 1 aliphatic rings. The van der Waals surface area contributed by atoms with Crippen molar-refractivity contribution in [1.82, 2.24) is 5.32 Å². The quantitative estimate of drug-likeness (QED) is 0.774. The Hall–Kier alpha value is -0.620. The summed E-state index contributed by atoms with van der Waals surface area (Å²) in [5.41, 5.74) is 2.06. The SMILES string of the molecule is O=C(O)[C@@H]1NCCc2ccc(I)cc21. The molecule has 3 nitrogen and oxygen atoms in total. The number of benzene rings is 1. The number of rotatable bonds is 1. The van der Waals surface area contributed by atoms with Gasteiger partial charge < -0.3 is 10.4 Å². The van der Waals surface area contributed by atoms with Gasteiger partial charge in [0.05, 0.1) is 0 Å². The second-order valence-electron chi connectivity index (χ2n) is 3.32.